The van der Waals surface area contributed by atoms with E-state index in [1.54, 1.807) is 35.2 Å². The fraction of sp³-hybridized carbons (Fsp3) is 0.273. The lowest BCUT2D eigenvalue weighted by Gasteiger charge is -2.35. The normalized spacial score (nSPS) is 23.1. The Kier molecular flexibility index (Phi) is 3.59. The molecule has 0 bridgehead atoms. The van der Waals surface area contributed by atoms with Crippen molar-refractivity contribution in [3.63, 3.8) is 0 Å². The highest BCUT2D eigenvalue weighted by atomic mass is 19.1. The van der Waals surface area contributed by atoms with Crippen molar-refractivity contribution in [2.24, 2.45) is 0 Å². The summed E-state index contributed by atoms with van der Waals surface area (Å²) in [4.78, 5) is 19.8. The van der Waals surface area contributed by atoms with Crippen LogP contribution < -0.4 is 0 Å². The van der Waals surface area contributed by atoms with Crippen molar-refractivity contribution in [3.8, 4) is 11.3 Å². The molecule has 0 atom stereocenters. The minimum Gasteiger partial charge on any atom is -0.450 e. The highest BCUT2D eigenvalue weighted by Crippen LogP contribution is 2.49. The fourth-order valence-electron chi connectivity index (χ4n) is 4.69. The molecule has 1 aliphatic heterocycles. The van der Waals surface area contributed by atoms with Gasteiger partial charge in [-0.2, -0.15) is 0 Å². The van der Waals surface area contributed by atoms with E-state index in [9.17, 15) is 9.18 Å². The summed E-state index contributed by atoms with van der Waals surface area (Å²) in [5.41, 5.74) is 3.36. The van der Waals surface area contributed by atoms with Crippen LogP contribution in [0.4, 0.5) is 4.39 Å². The highest BCUT2D eigenvalue weighted by Gasteiger charge is 2.48. The van der Waals surface area contributed by atoms with Gasteiger partial charge in [0.05, 0.1) is 11.3 Å². The van der Waals surface area contributed by atoms with Crippen LogP contribution in [-0.4, -0.2) is 30.8 Å². The SMILES string of the molecule is O=C1O[C@]2(CC[C@@H](c3nn4nc(-c5ccc(F)cc5)cc4[nH]3)CC2)c2cnccc21. The van der Waals surface area contributed by atoms with E-state index >= 15 is 0 Å². The molecule has 1 saturated carbocycles. The second-order valence-electron chi connectivity index (χ2n) is 8.00. The Hall–Kier alpha value is -3.55. The lowest BCUT2D eigenvalue weighted by molar-refractivity contribution is -0.0313. The number of aromatic amines is 1. The van der Waals surface area contributed by atoms with Gasteiger partial charge in [-0.15, -0.1) is 14.8 Å². The predicted molar refractivity (Wildman–Crippen MR) is 105 cm³/mol. The standard InChI is InChI=1S/C22H18FN5O2/c23-15-3-1-13(2-4-15)18-11-19-25-20(27-28(19)26-18)14-5-8-22(9-6-14)17-12-24-10-7-16(17)21(29)30-22/h1-4,7,10-12,14H,5-6,8-9H2,(H,25,27)/t14-,22+. The molecule has 3 aromatic heterocycles. The molecule has 8 heteroatoms. The number of esters is 1. The number of carbonyl (C=O) groups excluding carboxylic acids is 1. The van der Waals surface area contributed by atoms with Crippen LogP contribution in [-0.2, 0) is 10.3 Å². The molecule has 2 aliphatic rings. The molecule has 30 heavy (non-hydrogen) atoms. The third-order valence-electron chi connectivity index (χ3n) is 6.29. The molecular formula is C22H18FN5O2. The van der Waals surface area contributed by atoms with E-state index < -0.39 is 5.60 Å². The number of halogens is 1. The fourth-order valence-corrected chi connectivity index (χ4v) is 4.69. The van der Waals surface area contributed by atoms with Gasteiger partial charge in [0, 0.05) is 35.5 Å². The molecule has 0 unspecified atom stereocenters. The van der Waals surface area contributed by atoms with E-state index in [1.165, 1.54) is 12.1 Å². The minimum atomic E-state index is -0.556. The van der Waals surface area contributed by atoms with Crippen LogP contribution in [0, 0.1) is 5.82 Å². The lowest BCUT2D eigenvalue weighted by atomic mass is 9.75. The van der Waals surface area contributed by atoms with Gasteiger partial charge in [0.25, 0.3) is 0 Å². The molecule has 7 nitrogen and oxygen atoms in total. The molecule has 0 radical (unpaired) electrons. The van der Waals surface area contributed by atoms with Crippen molar-refractivity contribution in [2.75, 3.05) is 0 Å². The molecule has 0 amide bonds. The molecule has 150 valence electrons. The van der Waals surface area contributed by atoms with E-state index in [1.807, 2.05) is 6.07 Å². The van der Waals surface area contributed by atoms with E-state index in [0.29, 0.717) is 5.56 Å². The molecule has 4 aromatic rings. The number of aromatic nitrogens is 5. The Balaban J connectivity index is 1.23. The van der Waals surface area contributed by atoms with E-state index in [4.69, 9.17) is 4.74 Å². The second-order valence-corrected chi connectivity index (χ2v) is 8.00. The summed E-state index contributed by atoms with van der Waals surface area (Å²) in [5, 5.41) is 9.14. The summed E-state index contributed by atoms with van der Waals surface area (Å²) in [5.74, 6) is 0.598. The summed E-state index contributed by atoms with van der Waals surface area (Å²) in [6.45, 7) is 0. The number of nitrogens with zero attached hydrogens (tertiary/aromatic N) is 4. The number of carbonyl (C=O) groups is 1. The van der Waals surface area contributed by atoms with Crippen LogP contribution in [0.15, 0.2) is 48.8 Å². The Bertz CT molecular complexity index is 1240. The van der Waals surface area contributed by atoms with Crippen LogP contribution in [0.2, 0.25) is 0 Å². The van der Waals surface area contributed by atoms with Gasteiger partial charge < -0.3 is 9.72 Å². The van der Waals surface area contributed by atoms with Gasteiger partial charge in [0.2, 0.25) is 0 Å². The van der Waals surface area contributed by atoms with Crippen LogP contribution in [0.1, 0.15) is 53.3 Å². The maximum Gasteiger partial charge on any atom is 0.339 e. The Morgan fingerprint density at radius 2 is 1.93 bits per heavy atom. The van der Waals surface area contributed by atoms with Gasteiger partial charge in [-0.25, -0.2) is 9.18 Å². The summed E-state index contributed by atoms with van der Waals surface area (Å²) >= 11 is 0. The van der Waals surface area contributed by atoms with Gasteiger partial charge in [0.1, 0.15) is 17.2 Å². The van der Waals surface area contributed by atoms with Crippen molar-refractivity contribution in [2.45, 2.75) is 37.2 Å². The molecular weight excluding hydrogens is 385 g/mol. The molecule has 1 N–H and O–H groups in total. The molecule has 4 heterocycles. The van der Waals surface area contributed by atoms with E-state index in [-0.39, 0.29) is 17.7 Å². The molecule has 1 fully saturated rings. The second kappa shape index (κ2) is 6.22. The summed E-state index contributed by atoms with van der Waals surface area (Å²) in [6.07, 6.45) is 6.58. The third-order valence-corrected chi connectivity index (χ3v) is 6.29. The minimum absolute atomic E-state index is 0.242. The predicted octanol–water partition coefficient (Wildman–Crippen LogP) is 3.98. The first-order chi connectivity index (χ1) is 14.6. The van der Waals surface area contributed by atoms with Gasteiger partial charge >= 0.3 is 5.97 Å². The summed E-state index contributed by atoms with van der Waals surface area (Å²) in [7, 11) is 0. The van der Waals surface area contributed by atoms with Crippen LogP contribution in [0.3, 0.4) is 0 Å². The molecule has 1 aromatic carbocycles. The van der Waals surface area contributed by atoms with E-state index in [0.717, 1.165) is 54.0 Å². The Morgan fingerprint density at radius 3 is 2.70 bits per heavy atom. The number of ether oxygens (including phenoxy) is 1. The zero-order chi connectivity index (χ0) is 20.3. The topological polar surface area (TPSA) is 85.2 Å². The van der Waals surface area contributed by atoms with Gasteiger partial charge in [0.15, 0.2) is 5.65 Å². The Labute approximate surface area is 170 Å². The van der Waals surface area contributed by atoms with Crippen molar-refractivity contribution in [1.29, 1.82) is 0 Å². The molecule has 1 aliphatic carbocycles. The number of pyridine rings is 1. The number of rotatable bonds is 2. The van der Waals surface area contributed by atoms with Crippen LogP contribution >= 0.6 is 0 Å². The number of hydrogen-bond donors (Lipinski definition) is 1. The molecule has 1 spiro atoms. The molecule has 6 rings (SSSR count). The first-order valence-corrected chi connectivity index (χ1v) is 10.0. The number of hydrogen-bond acceptors (Lipinski definition) is 5. The van der Waals surface area contributed by atoms with E-state index in [2.05, 4.69) is 20.2 Å². The first-order valence-electron chi connectivity index (χ1n) is 10.0. The average molecular weight is 403 g/mol. The first kappa shape index (κ1) is 17.3. The average Bonchev–Trinajstić information content (AvgIpc) is 3.41. The highest BCUT2D eigenvalue weighted by molar-refractivity contribution is 5.94. The lowest BCUT2D eigenvalue weighted by Crippen LogP contribution is -2.31. The number of nitrogens with one attached hydrogen (secondary N) is 1. The largest absolute Gasteiger partial charge is 0.450 e. The van der Waals surface area contributed by atoms with Gasteiger partial charge in [-0.3, -0.25) is 4.98 Å². The zero-order valence-corrected chi connectivity index (χ0v) is 16.0. The molecule has 0 saturated heterocycles. The third kappa shape index (κ3) is 2.56. The maximum absolute atomic E-state index is 13.1. The van der Waals surface area contributed by atoms with Crippen molar-refractivity contribution in [1.82, 2.24) is 24.8 Å². The van der Waals surface area contributed by atoms with Gasteiger partial charge in [-0.05, 0) is 56.0 Å². The zero-order valence-electron chi connectivity index (χ0n) is 16.0. The Morgan fingerprint density at radius 1 is 1.13 bits per heavy atom. The van der Waals surface area contributed by atoms with Crippen LogP contribution in [0.25, 0.3) is 16.9 Å². The smallest absolute Gasteiger partial charge is 0.339 e. The monoisotopic (exact) mass is 403 g/mol. The quantitative estimate of drug-likeness (QED) is 0.512. The van der Waals surface area contributed by atoms with Gasteiger partial charge in [-0.1, -0.05) is 0 Å². The van der Waals surface area contributed by atoms with Crippen molar-refractivity contribution in [3.05, 3.63) is 71.6 Å². The van der Waals surface area contributed by atoms with Crippen molar-refractivity contribution >= 4 is 11.6 Å². The number of benzene rings is 1. The maximum atomic E-state index is 13.1. The summed E-state index contributed by atoms with van der Waals surface area (Å²) in [6, 6.07) is 9.89. The number of H-pyrrole nitrogens is 1. The number of fused-ring (bicyclic) bond motifs is 3. The van der Waals surface area contributed by atoms with Crippen molar-refractivity contribution < 1.29 is 13.9 Å². The summed E-state index contributed by atoms with van der Waals surface area (Å²) < 4.78 is 20.5. The van der Waals surface area contributed by atoms with Crippen LogP contribution in [0.5, 0.6) is 0 Å².